The molecule has 0 bridgehead atoms. The quantitative estimate of drug-likeness (QED) is 0.678. The third-order valence-corrected chi connectivity index (χ3v) is 2.38. The third kappa shape index (κ3) is 3.16. The van der Waals surface area contributed by atoms with Gasteiger partial charge in [0.25, 0.3) is 0 Å². The van der Waals surface area contributed by atoms with Gasteiger partial charge in [0.1, 0.15) is 11.6 Å². The van der Waals surface area contributed by atoms with Crippen LogP contribution >= 0.6 is 0 Å². The summed E-state index contributed by atoms with van der Waals surface area (Å²) >= 11 is 0. The first kappa shape index (κ1) is 12.8. The molecule has 0 fully saturated rings. The maximum Gasteiger partial charge on any atom is 0.343 e. The van der Waals surface area contributed by atoms with Crippen LogP contribution in [-0.2, 0) is 0 Å². The summed E-state index contributed by atoms with van der Waals surface area (Å²) in [4.78, 5) is 22.7. The summed E-state index contributed by atoms with van der Waals surface area (Å²) in [7, 11) is 0. The minimum atomic E-state index is -0.795. The van der Waals surface area contributed by atoms with Crippen LogP contribution in [0.3, 0.4) is 0 Å². The van der Waals surface area contributed by atoms with Crippen LogP contribution in [0.2, 0.25) is 0 Å². The number of halogens is 1. The van der Waals surface area contributed by atoms with Crippen molar-refractivity contribution >= 4 is 11.9 Å². The summed E-state index contributed by atoms with van der Waals surface area (Å²) in [6.45, 7) is 0. The molecule has 2 rings (SSSR count). The lowest BCUT2D eigenvalue weighted by Gasteiger charge is -2.05. The van der Waals surface area contributed by atoms with E-state index < -0.39 is 17.7 Å². The van der Waals surface area contributed by atoms with Gasteiger partial charge in [0.05, 0.1) is 5.56 Å². The normalized spacial score (nSPS) is 9.95. The molecule has 96 valence electrons. The molecular weight excluding hydrogens is 249 g/mol. The largest absolute Gasteiger partial charge is 0.423 e. The highest BCUT2D eigenvalue weighted by Crippen LogP contribution is 2.17. The molecule has 0 aromatic heterocycles. The Labute approximate surface area is 108 Å². The van der Waals surface area contributed by atoms with E-state index in [0.29, 0.717) is 5.56 Å². The molecule has 19 heavy (non-hydrogen) atoms. The molecule has 0 saturated carbocycles. The van der Waals surface area contributed by atoms with E-state index in [-0.39, 0.29) is 11.3 Å². The molecule has 0 saturated heterocycles. The molecule has 0 unspecified atom stereocenters. The van der Waals surface area contributed by atoms with Gasteiger partial charge in [0.2, 0.25) is 5.91 Å². The lowest BCUT2D eigenvalue weighted by molar-refractivity contribution is 0.0733. The predicted molar refractivity (Wildman–Crippen MR) is 66.3 cm³/mol. The molecular formula is C14H10FNO3. The second kappa shape index (κ2) is 5.30. The molecule has 0 aliphatic heterocycles. The number of ether oxygens (including phenoxy) is 1. The van der Waals surface area contributed by atoms with Gasteiger partial charge < -0.3 is 10.5 Å². The fourth-order valence-electron chi connectivity index (χ4n) is 1.50. The number of benzene rings is 2. The SMILES string of the molecule is NC(=O)c1cc(F)cc(OC(=O)c2ccccc2)c1. The third-order valence-electron chi connectivity index (χ3n) is 2.38. The number of primary amides is 1. The first-order valence-electron chi connectivity index (χ1n) is 5.44. The van der Waals surface area contributed by atoms with E-state index in [2.05, 4.69) is 0 Å². The van der Waals surface area contributed by atoms with Gasteiger partial charge >= 0.3 is 5.97 Å². The van der Waals surface area contributed by atoms with Gasteiger partial charge in [-0.15, -0.1) is 0 Å². The van der Waals surface area contributed by atoms with Gasteiger partial charge in [-0.2, -0.15) is 0 Å². The molecule has 2 aromatic rings. The van der Waals surface area contributed by atoms with Gasteiger partial charge in [0, 0.05) is 11.6 Å². The number of hydrogen-bond acceptors (Lipinski definition) is 3. The molecule has 0 aliphatic rings. The van der Waals surface area contributed by atoms with Crippen LogP contribution < -0.4 is 10.5 Å². The summed E-state index contributed by atoms with van der Waals surface area (Å²) < 4.78 is 18.2. The molecule has 1 amide bonds. The second-order valence-corrected chi connectivity index (χ2v) is 3.80. The maximum absolute atomic E-state index is 13.2. The van der Waals surface area contributed by atoms with Crippen molar-refractivity contribution in [2.24, 2.45) is 5.73 Å². The average molecular weight is 259 g/mol. The number of hydrogen-bond donors (Lipinski definition) is 1. The van der Waals surface area contributed by atoms with Gasteiger partial charge in [-0.3, -0.25) is 4.79 Å². The van der Waals surface area contributed by atoms with Gasteiger partial charge in [-0.25, -0.2) is 9.18 Å². The van der Waals surface area contributed by atoms with Crippen molar-refractivity contribution in [3.05, 3.63) is 65.5 Å². The van der Waals surface area contributed by atoms with Crippen LogP contribution in [0.15, 0.2) is 48.5 Å². The van der Waals surface area contributed by atoms with E-state index in [9.17, 15) is 14.0 Å². The number of carbonyl (C=O) groups excluding carboxylic acids is 2. The van der Waals surface area contributed by atoms with Crippen molar-refractivity contribution < 1.29 is 18.7 Å². The summed E-state index contributed by atoms with van der Waals surface area (Å²) in [5.74, 6) is -2.20. The fraction of sp³-hybridized carbons (Fsp3) is 0. The molecule has 0 aliphatic carbocycles. The smallest absolute Gasteiger partial charge is 0.343 e. The summed E-state index contributed by atoms with van der Waals surface area (Å²) in [6, 6.07) is 11.4. The minimum absolute atomic E-state index is 0.0594. The van der Waals surface area contributed by atoms with Crippen LogP contribution in [0.25, 0.3) is 0 Å². The van der Waals surface area contributed by atoms with Crippen LogP contribution in [0.1, 0.15) is 20.7 Å². The van der Waals surface area contributed by atoms with E-state index in [1.807, 2.05) is 0 Å². The van der Waals surface area contributed by atoms with Gasteiger partial charge in [-0.1, -0.05) is 18.2 Å². The summed E-state index contributed by atoms with van der Waals surface area (Å²) in [5, 5.41) is 0. The standard InChI is InChI=1S/C14H10FNO3/c15-11-6-10(13(16)17)7-12(8-11)19-14(18)9-4-2-1-3-5-9/h1-8H,(H2,16,17). The van der Waals surface area contributed by atoms with Crippen molar-refractivity contribution in [3.63, 3.8) is 0 Å². The first-order chi connectivity index (χ1) is 9.06. The number of carbonyl (C=O) groups is 2. The van der Waals surface area contributed by atoms with Crippen molar-refractivity contribution in [2.75, 3.05) is 0 Å². The Bertz CT molecular complexity index is 626. The van der Waals surface area contributed by atoms with Gasteiger partial charge in [-0.05, 0) is 24.3 Å². The molecule has 4 nitrogen and oxygen atoms in total. The van der Waals surface area contributed by atoms with Crippen molar-refractivity contribution in [1.82, 2.24) is 0 Å². The van der Waals surface area contributed by atoms with E-state index in [0.717, 1.165) is 12.1 Å². The minimum Gasteiger partial charge on any atom is -0.423 e. The highest BCUT2D eigenvalue weighted by atomic mass is 19.1. The van der Waals surface area contributed by atoms with E-state index in [1.54, 1.807) is 30.3 Å². The zero-order valence-corrected chi connectivity index (χ0v) is 9.80. The van der Waals surface area contributed by atoms with Crippen LogP contribution in [0, 0.1) is 5.82 Å². The highest BCUT2D eigenvalue weighted by Gasteiger charge is 2.11. The van der Waals surface area contributed by atoms with E-state index in [1.165, 1.54) is 6.07 Å². The molecule has 2 aromatic carbocycles. The Morgan fingerprint density at radius 1 is 1.00 bits per heavy atom. The molecule has 0 radical (unpaired) electrons. The van der Waals surface area contributed by atoms with E-state index >= 15 is 0 Å². The van der Waals surface area contributed by atoms with Crippen molar-refractivity contribution in [2.45, 2.75) is 0 Å². The lowest BCUT2D eigenvalue weighted by atomic mass is 10.2. The molecule has 0 heterocycles. The van der Waals surface area contributed by atoms with Gasteiger partial charge in [0.15, 0.2) is 0 Å². The van der Waals surface area contributed by atoms with E-state index in [4.69, 9.17) is 10.5 Å². The highest BCUT2D eigenvalue weighted by molar-refractivity contribution is 5.94. The van der Waals surface area contributed by atoms with Crippen molar-refractivity contribution in [1.29, 1.82) is 0 Å². The number of nitrogens with two attached hydrogens (primary N) is 1. The maximum atomic E-state index is 13.2. The zero-order valence-electron chi connectivity index (χ0n) is 9.80. The zero-order chi connectivity index (χ0) is 13.8. The Morgan fingerprint density at radius 3 is 2.32 bits per heavy atom. The summed E-state index contributed by atoms with van der Waals surface area (Å²) in [6.07, 6.45) is 0. The molecule has 0 atom stereocenters. The number of rotatable bonds is 3. The van der Waals surface area contributed by atoms with Crippen LogP contribution in [0.5, 0.6) is 5.75 Å². The Kier molecular flexibility index (Phi) is 3.56. The van der Waals surface area contributed by atoms with Crippen molar-refractivity contribution in [3.8, 4) is 5.75 Å². The Hall–Kier alpha value is -2.69. The fourth-order valence-corrected chi connectivity index (χ4v) is 1.50. The second-order valence-electron chi connectivity index (χ2n) is 3.80. The molecule has 2 N–H and O–H groups in total. The lowest BCUT2D eigenvalue weighted by Crippen LogP contribution is -2.13. The number of esters is 1. The predicted octanol–water partition coefficient (Wildman–Crippen LogP) is 2.14. The molecule has 0 spiro atoms. The number of amides is 1. The topological polar surface area (TPSA) is 69.4 Å². The van der Waals surface area contributed by atoms with Crippen LogP contribution in [0.4, 0.5) is 4.39 Å². The molecule has 5 heteroatoms. The first-order valence-corrected chi connectivity index (χ1v) is 5.44. The Morgan fingerprint density at radius 2 is 1.68 bits per heavy atom. The Balaban J connectivity index is 2.24. The monoisotopic (exact) mass is 259 g/mol. The average Bonchev–Trinajstić information content (AvgIpc) is 2.39. The van der Waals surface area contributed by atoms with Crippen LogP contribution in [-0.4, -0.2) is 11.9 Å². The summed E-state index contributed by atoms with van der Waals surface area (Å²) in [5.41, 5.74) is 5.31.